The number of rotatable bonds is 6. The van der Waals surface area contributed by atoms with Gasteiger partial charge in [-0.25, -0.2) is 0 Å². The molecule has 1 atom stereocenters. The highest BCUT2D eigenvalue weighted by atomic mass is 32.2. The van der Waals surface area contributed by atoms with Crippen LogP contribution < -0.4 is 0 Å². The molecule has 0 saturated heterocycles. The van der Waals surface area contributed by atoms with Crippen LogP contribution in [0.3, 0.4) is 0 Å². The lowest BCUT2D eigenvalue weighted by Gasteiger charge is -2.20. The van der Waals surface area contributed by atoms with Crippen LogP contribution in [0, 0.1) is 27.4 Å². The highest BCUT2D eigenvalue weighted by Crippen LogP contribution is 2.37. The van der Waals surface area contributed by atoms with Gasteiger partial charge in [0.15, 0.2) is 0 Å². The predicted molar refractivity (Wildman–Crippen MR) is 92.9 cm³/mol. The molecule has 0 heterocycles. The second-order valence-corrected chi connectivity index (χ2v) is 7.52. The zero-order valence-electron chi connectivity index (χ0n) is 13.9. The van der Waals surface area contributed by atoms with Crippen molar-refractivity contribution in [3.63, 3.8) is 0 Å². The Kier molecular flexibility index (Phi) is 6.21. The molecule has 7 heteroatoms. The van der Waals surface area contributed by atoms with Gasteiger partial charge in [-0.3, -0.25) is 14.9 Å². The minimum absolute atomic E-state index is 0.0872. The van der Waals surface area contributed by atoms with Crippen LogP contribution >= 0.6 is 11.8 Å². The molecule has 0 aromatic heterocycles. The summed E-state index contributed by atoms with van der Waals surface area (Å²) in [5.74, 6) is -0.565. The number of nitro groups is 1. The Hall–Kier alpha value is -2.07. The molecule has 1 aliphatic carbocycles. The maximum Gasteiger partial charge on any atom is 0.270 e. The largest absolute Gasteiger partial charge is 0.340 e. The van der Waals surface area contributed by atoms with Crippen molar-refractivity contribution in [1.29, 1.82) is 5.26 Å². The average Bonchev–Trinajstić information content (AvgIpc) is 3.07. The van der Waals surface area contributed by atoms with E-state index in [1.165, 1.54) is 29.9 Å². The molecule has 6 nitrogen and oxygen atoms in total. The fourth-order valence-electron chi connectivity index (χ4n) is 2.83. The van der Waals surface area contributed by atoms with Crippen molar-refractivity contribution >= 4 is 23.4 Å². The third-order valence-corrected chi connectivity index (χ3v) is 5.53. The Morgan fingerprint density at radius 3 is 2.75 bits per heavy atom. The van der Waals surface area contributed by atoms with E-state index in [0.29, 0.717) is 17.4 Å². The molecule has 0 bridgehead atoms. The van der Waals surface area contributed by atoms with Crippen molar-refractivity contribution in [1.82, 2.24) is 4.90 Å². The third-order valence-electron chi connectivity index (χ3n) is 4.12. The fraction of sp³-hybridized carbons (Fsp3) is 0.529. The van der Waals surface area contributed by atoms with Gasteiger partial charge in [-0.2, -0.15) is 5.26 Å². The molecule has 0 N–H and O–H groups in total. The van der Waals surface area contributed by atoms with E-state index in [-0.39, 0.29) is 17.5 Å². The van der Waals surface area contributed by atoms with Crippen molar-refractivity contribution in [3.8, 4) is 6.07 Å². The number of hydrogen-bond acceptors (Lipinski definition) is 5. The van der Waals surface area contributed by atoms with Gasteiger partial charge >= 0.3 is 0 Å². The number of nitriles is 1. The number of carbonyl (C=O) groups is 1. The van der Waals surface area contributed by atoms with E-state index in [4.69, 9.17) is 5.26 Å². The quantitative estimate of drug-likeness (QED) is 0.576. The summed E-state index contributed by atoms with van der Waals surface area (Å²) in [4.78, 5) is 25.6. The van der Waals surface area contributed by atoms with Crippen molar-refractivity contribution in [2.24, 2.45) is 5.92 Å². The summed E-state index contributed by atoms with van der Waals surface area (Å²) >= 11 is 1.63. The topological polar surface area (TPSA) is 87.2 Å². The summed E-state index contributed by atoms with van der Waals surface area (Å²) in [6, 6.07) is 6.58. The first kappa shape index (κ1) is 18.3. The molecule has 0 spiro atoms. The van der Waals surface area contributed by atoms with Gasteiger partial charge in [-0.1, -0.05) is 12.8 Å². The Morgan fingerprint density at radius 1 is 1.50 bits per heavy atom. The number of amides is 1. The fourth-order valence-corrected chi connectivity index (χ4v) is 4.18. The highest BCUT2D eigenvalue weighted by molar-refractivity contribution is 8.00. The summed E-state index contributed by atoms with van der Waals surface area (Å²) in [6.07, 6.45) is 4.59. The van der Waals surface area contributed by atoms with E-state index in [1.807, 2.05) is 0 Å². The lowest BCUT2D eigenvalue weighted by atomic mass is 10.1. The number of nitrogens with zero attached hydrogens (tertiary/aromatic N) is 3. The van der Waals surface area contributed by atoms with Crippen molar-refractivity contribution in [2.75, 3.05) is 13.6 Å². The van der Waals surface area contributed by atoms with Crippen molar-refractivity contribution in [2.45, 2.75) is 42.8 Å². The first-order chi connectivity index (χ1) is 11.4. The molecular weight excluding hydrogens is 326 g/mol. The first-order valence-corrected chi connectivity index (χ1v) is 8.90. The number of benzene rings is 1. The lowest BCUT2D eigenvalue weighted by Crippen LogP contribution is -2.31. The maximum atomic E-state index is 12.7. The van der Waals surface area contributed by atoms with Gasteiger partial charge in [0.05, 0.1) is 22.5 Å². The van der Waals surface area contributed by atoms with Crippen LogP contribution in [0.25, 0.3) is 0 Å². The Labute approximate surface area is 146 Å². The van der Waals surface area contributed by atoms with E-state index < -0.39 is 4.92 Å². The molecule has 0 unspecified atom stereocenters. The minimum Gasteiger partial charge on any atom is -0.340 e. The first-order valence-electron chi connectivity index (χ1n) is 8.02. The van der Waals surface area contributed by atoms with E-state index >= 15 is 0 Å². The second-order valence-electron chi connectivity index (χ2n) is 6.18. The molecule has 2 rings (SSSR count). The summed E-state index contributed by atoms with van der Waals surface area (Å²) < 4.78 is 0. The maximum absolute atomic E-state index is 12.7. The predicted octanol–water partition coefficient (Wildman–Crippen LogP) is 3.86. The smallest absolute Gasteiger partial charge is 0.270 e. The monoisotopic (exact) mass is 347 g/mol. The molecule has 0 aliphatic heterocycles. The Balaban J connectivity index is 2.29. The molecular formula is C17H21N3O3S. The van der Waals surface area contributed by atoms with Gasteiger partial charge in [0.2, 0.25) is 0 Å². The van der Waals surface area contributed by atoms with E-state index in [0.717, 1.165) is 17.7 Å². The number of non-ortho nitro benzene ring substituents is 1. The minimum atomic E-state index is -0.487. The Bertz CT molecular complexity index is 666. The molecule has 1 amide bonds. The molecule has 1 fully saturated rings. The summed E-state index contributed by atoms with van der Waals surface area (Å²) in [6.45, 7) is 2.04. The van der Waals surface area contributed by atoms with Crippen molar-refractivity contribution < 1.29 is 9.72 Å². The standard InChI is InChI=1S/C17H21N3O3S/c1-12(10-18)11-19(2)17(21)15-9-13(20(22)23)7-8-16(15)24-14-5-3-4-6-14/h7-9,12,14H,3-6,11H2,1-2H3/t12-/m0/s1. The average molecular weight is 347 g/mol. The van der Waals surface area contributed by atoms with Gasteiger partial charge < -0.3 is 4.90 Å². The molecule has 24 heavy (non-hydrogen) atoms. The second kappa shape index (κ2) is 8.15. The third kappa shape index (κ3) is 4.48. The molecule has 0 radical (unpaired) electrons. The lowest BCUT2D eigenvalue weighted by molar-refractivity contribution is -0.384. The van der Waals surface area contributed by atoms with Crippen LogP contribution in [0.1, 0.15) is 43.0 Å². The molecule has 1 aliphatic rings. The van der Waals surface area contributed by atoms with Crippen molar-refractivity contribution in [3.05, 3.63) is 33.9 Å². The molecule has 128 valence electrons. The van der Waals surface area contributed by atoms with Crippen LogP contribution in [0.2, 0.25) is 0 Å². The van der Waals surface area contributed by atoms with Gasteiger partial charge in [0, 0.05) is 35.9 Å². The van der Waals surface area contributed by atoms with E-state index in [2.05, 4.69) is 6.07 Å². The van der Waals surface area contributed by atoms with Crippen LogP contribution in [0.5, 0.6) is 0 Å². The Morgan fingerprint density at radius 2 is 2.17 bits per heavy atom. The zero-order chi connectivity index (χ0) is 17.7. The summed E-state index contributed by atoms with van der Waals surface area (Å²) in [5.41, 5.74) is 0.268. The van der Waals surface area contributed by atoms with Crippen LogP contribution in [0.4, 0.5) is 5.69 Å². The van der Waals surface area contributed by atoms with Crippen LogP contribution in [-0.2, 0) is 0 Å². The van der Waals surface area contributed by atoms with Crippen LogP contribution in [-0.4, -0.2) is 34.6 Å². The van der Waals surface area contributed by atoms with Gasteiger partial charge in [0.25, 0.3) is 11.6 Å². The van der Waals surface area contributed by atoms with E-state index in [1.54, 1.807) is 31.8 Å². The summed E-state index contributed by atoms with van der Waals surface area (Å²) in [5, 5.41) is 20.4. The number of hydrogen-bond donors (Lipinski definition) is 0. The SMILES string of the molecule is C[C@@H](C#N)CN(C)C(=O)c1cc([N+](=O)[O-])ccc1SC1CCCC1. The highest BCUT2D eigenvalue weighted by Gasteiger charge is 2.24. The number of thioether (sulfide) groups is 1. The number of carbonyl (C=O) groups excluding carboxylic acids is 1. The zero-order valence-corrected chi connectivity index (χ0v) is 14.7. The van der Waals surface area contributed by atoms with Gasteiger partial charge in [-0.05, 0) is 25.8 Å². The van der Waals surface area contributed by atoms with Gasteiger partial charge in [0.1, 0.15) is 0 Å². The van der Waals surface area contributed by atoms with E-state index in [9.17, 15) is 14.9 Å². The summed E-state index contributed by atoms with van der Waals surface area (Å²) in [7, 11) is 1.62. The van der Waals surface area contributed by atoms with Crippen LogP contribution in [0.15, 0.2) is 23.1 Å². The van der Waals surface area contributed by atoms with Gasteiger partial charge in [-0.15, -0.1) is 11.8 Å². The number of nitro benzene ring substituents is 1. The normalized spacial score (nSPS) is 15.7. The molecule has 1 saturated carbocycles. The molecule has 1 aromatic rings. The molecule has 1 aromatic carbocycles.